The first-order valence-corrected chi connectivity index (χ1v) is 10.3. The number of halogens is 1. The van der Waals surface area contributed by atoms with E-state index < -0.39 is 0 Å². The summed E-state index contributed by atoms with van der Waals surface area (Å²) in [6.07, 6.45) is 1.68. The summed E-state index contributed by atoms with van der Waals surface area (Å²) >= 11 is 6.38. The third kappa shape index (κ3) is 4.78. The van der Waals surface area contributed by atoms with Gasteiger partial charge in [0.1, 0.15) is 5.75 Å². The summed E-state index contributed by atoms with van der Waals surface area (Å²) in [6, 6.07) is 25.1. The summed E-state index contributed by atoms with van der Waals surface area (Å²) in [5.41, 5.74) is 6.66. The summed E-state index contributed by atoms with van der Waals surface area (Å²) in [5, 5.41) is 5.96. The molecule has 1 amide bonds. The zero-order chi connectivity index (χ0) is 21.6. The maximum Gasteiger partial charge on any atom is 0.277 e. The van der Waals surface area contributed by atoms with Gasteiger partial charge in [-0.1, -0.05) is 66.2 Å². The summed E-state index contributed by atoms with van der Waals surface area (Å²) in [6.45, 7) is 2.59. The first-order valence-electron chi connectivity index (χ1n) is 9.94. The van der Waals surface area contributed by atoms with Crippen molar-refractivity contribution in [1.82, 2.24) is 9.99 Å². The molecule has 1 heterocycles. The molecule has 31 heavy (non-hydrogen) atoms. The van der Waals surface area contributed by atoms with Crippen LogP contribution in [0.2, 0.25) is 5.02 Å². The van der Waals surface area contributed by atoms with E-state index in [0.717, 1.165) is 32.7 Å². The quantitative estimate of drug-likeness (QED) is 0.324. The molecule has 4 aromatic rings. The second-order valence-corrected chi connectivity index (χ2v) is 7.50. The van der Waals surface area contributed by atoms with E-state index in [-0.39, 0.29) is 12.5 Å². The fraction of sp³-hybridized carbons (Fsp3) is 0.120. The molecule has 0 aliphatic rings. The highest BCUT2D eigenvalue weighted by molar-refractivity contribution is 6.31. The Labute approximate surface area is 185 Å². The van der Waals surface area contributed by atoms with Crippen LogP contribution in [0.4, 0.5) is 0 Å². The molecule has 5 nitrogen and oxygen atoms in total. The molecule has 1 aromatic heterocycles. The lowest BCUT2D eigenvalue weighted by Gasteiger charge is -2.10. The molecule has 0 saturated carbocycles. The molecule has 4 rings (SSSR count). The first kappa shape index (κ1) is 20.7. The number of benzene rings is 3. The van der Waals surface area contributed by atoms with Gasteiger partial charge in [-0.25, -0.2) is 5.43 Å². The maximum atomic E-state index is 12.1. The molecule has 1 N–H and O–H groups in total. The van der Waals surface area contributed by atoms with Crippen molar-refractivity contribution in [2.24, 2.45) is 5.10 Å². The fourth-order valence-electron chi connectivity index (χ4n) is 3.49. The van der Waals surface area contributed by atoms with Crippen molar-refractivity contribution in [3.05, 3.63) is 101 Å². The van der Waals surface area contributed by atoms with E-state index in [9.17, 15) is 4.79 Å². The topological polar surface area (TPSA) is 55.6 Å². The molecular formula is C25H22ClN3O2. The second-order valence-electron chi connectivity index (χ2n) is 7.09. The molecule has 0 atom stereocenters. The van der Waals surface area contributed by atoms with Crippen LogP contribution in [-0.2, 0) is 11.3 Å². The van der Waals surface area contributed by atoms with Gasteiger partial charge in [0, 0.05) is 33.7 Å². The Morgan fingerprint density at radius 2 is 1.74 bits per heavy atom. The molecule has 0 aliphatic heterocycles. The number of ether oxygens (including phenoxy) is 1. The normalized spacial score (nSPS) is 11.2. The van der Waals surface area contributed by atoms with E-state index in [2.05, 4.69) is 21.2 Å². The smallest absolute Gasteiger partial charge is 0.277 e. The highest BCUT2D eigenvalue weighted by Crippen LogP contribution is 2.27. The van der Waals surface area contributed by atoms with Gasteiger partial charge in [-0.2, -0.15) is 5.10 Å². The molecular weight excluding hydrogens is 410 g/mol. The lowest BCUT2D eigenvalue weighted by atomic mass is 10.1. The zero-order valence-corrected chi connectivity index (χ0v) is 17.8. The Balaban J connectivity index is 1.52. The van der Waals surface area contributed by atoms with Gasteiger partial charge in [0.2, 0.25) is 0 Å². The highest BCUT2D eigenvalue weighted by Gasteiger charge is 2.13. The van der Waals surface area contributed by atoms with Crippen LogP contribution in [0.25, 0.3) is 10.9 Å². The van der Waals surface area contributed by atoms with Crippen molar-refractivity contribution >= 4 is 34.6 Å². The van der Waals surface area contributed by atoms with Gasteiger partial charge in [-0.3, -0.25) is 4.79 Å². The predicted octanol–water partition coefficient (Wildman–Crippen LogP) is 5.18. The van der Waals surface area contributed by atoms with Crippen LogP contribution in [0.5, 0.6) is 5.75 Å². The van der Waals surface area contributed by atoms with Crippen molar-refractivity contribution < 1.29 is 9.53 Å². The number of hydrogen-bond donors (Lipinski definition) is 1. The van der Waals surface area contributed by atoms with Gasteiger partial charge in [-0.05, 0) is 36.8 Å². The number of amides is 1. The SMILES string of the molecule is Cc1c(/C=N\NC(=O)COc2ccccc2)c2ccccc2n1Cc1ccccc1Cl. The number of nitrogens with one attached hydrogen (secondary N) is 1. The van der Waals surface area contributed by atoms with E-state index in [4.69, 9.17) is 16.3 Å². The van der Waals surface area contributed by atoms with Crippen molar-refractivity contribution in [1.29, 1.82) is 0 Å². The molecule has 0 saturated heterocycles. The second kappa shape index (κ2) is 9.49. The number of hydrazone groups is 1. The monoisotopic (exact) mass is 431 g/mol. The van der Waals surface area contributed by atoms with Gasteiger partial charge in [0.15, 0.2) is 6.61 Å². The van der Waals surface area contributed by atoms with Crippen LogP contribution in [0.15, 0.2) is 84.0 Å². The van der Waals surface area contributed by atoms with Crippen LogP contribution in [0.3, 0.4) is 0 Å². The third-order valence-electron chi connectivity index (χ3n) is 5.06. The lowest BCUT2D eigenvalue weighted by Crippen LogP contribution is -2.24. The van der Waals surface area contributed by atoms with E-state index in [1.165, 1.54) is 0 Å². The molecule has 6 heteroatoms. The van der Waals surface area contributed by atoms with Crippen molar-refractivity contribution in [3.8, 4) is 5.75 Å². The van der Waals surface area contributed by atoms with E-state index in [0.29, 0.717) is 12.3 Å². The molecule has 0 bridgehead atoms. The van der Waals surface area contributed by atoms with Crippen LogP contribution in [0, 0.1) is 6.92 Å². The number of fused-ring (bicyclic) bond motifs is 1. The average Bonchev–Trinajstić information content (AvgIpc) is 3.06. The van der Waals surface area contributed by atoms with Crippen molar-refractivity contribution in [2.75, 3.05) is 6.61 Å². The minimum Gasteiger partial charge on any atom is -0.484 e. The van der Waals surface area contributed by atoms with Crippen LogP contribution in [-0.4, -0.2) is 23.3 Å². The molecule has 0 aliphatic carbocycles. The van der Waals surface area contributed by atoms with Crippen LogP contribution < -0.4 is 10.2 Å². The fourth-order valence-corrected chi connectivity index (χ4v) is 3.68. The number of carbonyl (C=O) groups excluding carboxylic acids is 1. The summed E-state index contributed by atoms with van der Waals surface area (Å²) in [7, 11) is 0. The number of carbonyl (C=O) groups is 1. The molecule has 0 spiro atoms. The van der Waals surface area contributed by atoms with Crippen molar-refractivity contribution in [3.63, 3.8) is 0 Å². The summed E-state index contributed by atoms with van der Waals surface area (Å²) in [5.74, 6) is 0.317. The highest BCUT2D eigenvalue weighted by atomic mass is 35.5. The lowest BCUT2D eigenvalue weighted by molar-refractivity contribution is -0.123. The number of aromatic nitrogens is 1. The average molecular weight is 432 g/mol. The van der Waals surface area contributed by atoms with Crippen molar-refractivity contribution in [2.45, 2.75) is 13.5 Å². The molecule has 0 radical (unpaired) electrons. The molecule has 156 valence electrons. The standard InChI is InChI=1S/C25H22ClN3O2/c1-18-22(15-27-28-25(30)17-31-20-10-3-2-4-11-20)21-12-6-8-14-24(21)29(18)16-19-9-5-7-13-23(19)26/h2-15H,16-17H2,1H3,(H,28,30)/b27-15-. The minimum absolute atomic E-state index is 0.103. The molecule has 3 aromatic carbocycles. The van der Waals surface area contributed by atoms with Gasteiger partial charge in [-0.15, -0.1) is 0 Å². The minimum atomic E-state index is -0.322. The molecule has 0 fully saturated rings. The summed E-state index contributed by atoms with van der Waals surface area (Å²) < 4.78 is 7.65. The predicted molar refractivity (Wildman–Crippen MR) is 125 cm³/mol. The Morgan fingerprint density at radius 1 is 1.03 bits per heavy atom. The number of rotatable bonds is 7. The van der Waals surface area contributed by atoms with E-state index in [1.54, 1.807) is 18.3 Å². The Morgan fingerprint density at radius 3 is 2.55 bits per heavy atom. The Hall–Kier alpha value is -3.57. The maximum absolute atomic E-state index is 12.1. The van der Waals surface area contributed by atoms with E-state index >= 15 is 0 Å². The Bertz CT molecular complexity index is 1230. The van der Waals surface area contributed by atoms with Gasteiger partial charge in [0.25, 0.3) is 5.91 Å². The van der Waals surface area contributed by atoms with Crippen LogP contribution >= 0.6 is 11.6 Å². The molecule has 0 unspecified atom stereocenters. The largest absolute Gasteiger partial charge is 0.484 e. The van der Waals surface area contributed by atoms with E-state index in [1.807, 2.05) is 67.6 Å². The number of nitrogens with zero attached hydrogens (tertiary/aromatic N) is 2. The van der Waals surface area contributed by atoms with Gasteiger partial charge < -0.3 is 9.30 Å². The number of hydrogen-bond acceptors (Lipinski definition) is 3. The Kier molecular flexibility index (Phi) is 6.34. The summed E-state index contributed by atoms with van der Waals surface area (Å²) in [4.78, 5) is 12.1. The third-order valence-corrected chi connectivity index (χ3v) is 5.43. The van der Waals surface area contributed by atoms with Gasteiger partial charge in [0.05, 0.1) is 6.21 Å². The first-order chi connectivity index (χ1) is 15.1. The van der Waals surface area contributed by atoms with Gasteiger partial charge >= 0.3 is 0 Å². The number of para-hydroxylation sites is 2. The zero-order valence-electron chi connectivity index (χ0n) is 17.1. The van der Waals surface area contributed by atoms with Crippen LogP contribution in [0.1, 0.15) is 16.8 Å².